The Morgan fingerprint density at radius 3 is 2.58 bits per heavy atom. The molecule has 2 aromatic heterocycles. The van der Waals surface area contributed by atoms with Crippen LogP contribution < -0.4 is 5.32 Å². The number of nitrogens with zero attached hydrogens (tertiary/aromatic N) is 4. The maximum absolute atomic E-state index is 12.2. The van der Waals surface area contributed by atoms with E-state index in [1.807, 2.05) is 20.9 Å². The molecule has 2 heterocycles. The van der Waals surface area contributed by atoms with E-state index in [2.05, 4.69) is 43.2 Å². The third-order valence-electron chi connectivity index (χ3n) is 2.82. The number of aryl methyl sites for hydroxylation is 3. The van der Waals surface area contributed by atoms with Gasteiger partial charge in [-0.25, -0.2) is 0 Å². The number of halogens is 1. The van der Waals surface area contributed by atoms with Crippen molar-refractivity contribution in [1.82, 2.24) is 20.0 Å². The zero-order chi connectivity index (χ0) is 14.2. The van der Waals surface area contributed by atoms with E-state index in [-0.39, 0.29) is 5.91 Å². The Kier molecular flexibility index (Phi) is 3.83. The molecule has 0 spiro atoms. The molecular weight excluding hydrogens is 357 g/mol. The lowest BCUT2D eigenvalue weighted by molar-refractivity contribution is 0.102. The van der Waals surface area contributed by atoms with Gasteiger partial charge in [0.2, 0.25) is 0 Å². The van der Waals surface area contributed by atoms with Crippen LogP contribution in [0.25, 0.3) is 0 Å². The Hall–Kier alpha value is -1.51. The molecule has 19 heavy (non-hydrogen) atoms. The van der Waals surface area contributed by atoms with Crippen LogP contribution in [-0.2, 0) is 7.05 Å². The zero-order valence-electron chi connectivity index (χ0n) is 11.2. The lowest BCUT2D eigenvalue weighted by atomic mass is 10.3. The van der Waals surface area contributed by atoms with Crippen molar-refractivity contribution < 1.29 is 4.79 Å². The first kappa shape index (κ1) is 13.9. The van der Waals surface area contributed by atoms with Crippen molar-refractivity contribution in [2.45, 2.75) is 20.8 Å². The Morgan fingerprint density at radius 1 is 1.32 bits per heavy atom. The van der Waals surface area contributed by atoms with Crippen LogP contribution in [0.3, 0.4) is 0 Å². The molecular formula is C12H14IN5O. The largest absolute Gasteiger partial charge is 0.319 e. The number of amides is 1. The highest BCUT2D eigenvalue weighted by Gasteiger charge is 2.18. The van der Waals surface area contributed by atoms with Gasteiger partial charge >= 0.3 is 0 Å². The monoisotopic (exact) mass is 371 g/mol. The van der Waals surface area contributed by atoms with Crippen LogP contribution in [0.1, 0.15) is 27.6 Å². The summed E-state index contributed by atoms with van der Waals surface area (Å²) in [6, 6.07) is 1.79. The molecule has 0 unspecified atom stereocenters. The van der Waals surface area contributed by atoms with E-state index in [9.17, 15) is 4.79 Å². The standard InChI is InChI=1S/C12H14IN5O/c1-6-5-9(7(2)16-15-6)14-12(19)11-10(13)8(3)18(4)17-11/h5H,1-4H3,(H,14,15,19). The summed E-state index contributed by atoms with van der Waals surface area (Å²) >= 11 is 2.13. The quantitative estimate of drug-likeness (QED) is 0.820. The number of nitrogens with one attached hydrogen (secondary N) is 1. The number of carbonyl (C=O) groups excluding carboxylic acids is 1. The van der Waals surface area contributed by atoms with E-state index in [0.717, 1.165) is 15.0 Å². The van der Waals surface area contributed by atoms with Gasteiger partial charge in [-0.3, -0.25) is 9.48 Å². The molecule has 0 fully saturated rings. The summed E-state index contributed by atoms with van der Waals surface area (Å²) in [6.45, 7) is 5.56. The fourth-order valence-electron chi connectivity index (χ4n) is 1.59. The van der Waals surface area contributed by atoms with Gasteiger partial charge in [-0.1, -0.05) is 0 Å². The molecule has 0 aliphatic heterocycles. The van der Waals surface area contributed by atoms with Crippen LogP contribution in [0.5, 0.6) is 0 Å². The van der Waals surface area contributed by atoms with Crippen molar-refractivity contribution in [3.63, 3.8) is 0 Å². The van der Waals surface area contributed by atoms with Crippen molar-refractivity contribution in [3.8, 4) is 0 Å². The number of hydrogen-bond donors (Lipinski definition) is 1. The lowest BCUT2D eigenvalue weighted by Gasteiger charge is -2.06. The highest BCUT2D eigenvalue weighted by atomic mass is 127. The van der Waals surface area contributed by atoms with Gasteiger partial charge in [-0.2, -0.15) is 15.3 Å². The van der Waals surface area contributed by atoms with Crippen LogP contribution in [-0.4, -0.2) is 25.9 Å². The van der Waals surface area contributed by atoms with Gasteiger partial charge in [0.25, 0.3) is 5.91 Å². The molecule has 100 valence electrons. The third-order valence-corrected chi connectivity index (χ3v) is 4.12. The van der Waals surface area contributed by atoms with Crippen LogP contribution in [0, 0.1) is 24.3 Å². The average Bonchev–Trinajstić information content (AvgIpc) is 2.62. The molecule has 1 amide bonds. The van der Waals surface area contributed by atoms with Crippen molar-refractivity contribution in [2.75, 3.05) is 5.32 Å². The van der Waals surface area contributed by atoms with Crippen molar-refractivity contribution in [3.05, 3.63) is 32.4 Å². The molecule has 2 rings (SSSR count). The molecule has 0 saturated carbocycles. The summed E-state index contributed by atoms with van der Waals surface area (Å²) in [4.78, 5) is 12.2. The van der Waals surface area contributed by atoms with Gasteiger partial charge in [0, 0.05) is 12.7 Å². The number of carbonyl (C=O) groups is 1. The van der Waals surface area contributed by atoms with Crippen molar-refractivity contribution >= 4 is 34.2 Å². The molecule has 7 heteroatoms. The molecule has 0 atom stereocenters. The summed E-state index contributed by atoms with van der Waals surface area (Å²) in [5.41, 5.74) is 3.49. The van der Waals surface area contributed by atoms with Gasteiger partial charge < -0.3 is 5.32 Å². The van der Waals surface area contributed by atoms with E-state index in [0.29, 0.717) is 17.1 Å². The summed E-state index contributed by atoms with van der Waals surface area (Å²) < 4.78 is 2.55. The van der Waals surface area contributed by atoms with Crippen LogP contribution in [0.15, 0.2) is 6.07 Å². The predicted molar refractivity (Wildman–Crippen MR) is 80.1 cm³/mol. The van der Waals surface area contributed by atoms with Gasteiger partial charge in [-0.15, -0.1) is 0 Å². The van der Waals surface area contributed by atoms with Gasteiger partial charge in [-0.05, 0) is 49.4 Å². The highest BCUT2D eigenvalue weighted by Crippen LogP contribution is 2.18. The van der Waals surface area contributed by atoms with E-state index < -0.39 is 0 Å². The topological polar surface area (TPSA) is 72.7 Å². The van der Waals surface area contributed by atoms with Gasteiger partial charge in [0.05, 0.1) is 20.6 Å². The fourth-order valence-corrected chi connectivity index (χ4v) is 2.29. The van der Waals surface area contributed by atoms with Gasteiger partial charge in [0.15, 0.2) is 5.69 Å². The SMILES string of the molecule is Cc1cc(NC(=O)c2nn(C)c(C)c2I)c(C)nn1. The summed E-state index contributed by atoms with van der Waals surface area (Å²) in [7, 11) is 1.82. The second kappa shape index (κ2) is 5.24. The molecule has 0 aliphatic rings. The Bertz CT molecular complexity index is 650. The Labute approximate surface area is 124 Å². The summed E-state index contributed by atoms with van der Waals surface area (Å²) in [6.07, 6.45) is 0. The predicted octanol–water partition coefficient (Wildman–Crippen LogP) is 1.99. The van der Waals surface area contributed by atoms with Crippen LogP contribution in [0.2, 0.25) is 0 Å². The smallest absolute Gasteiger partial charge is 0.277 e. The third kappa shape index (κ3) is 2.75. The number of hydrogen-bond acceptors (Lipinski definition) is 4. The molecule has 2 aromatic rings. The normalized spacial score (nSPS) is 10.6. The molecule has 0 aliphatic carbocycles. The molecule has 0 radical (unpaired) electrons. The van der Waals surface area contributed by atoms with E-state index in [1.54, 1.807) is 17.7 Å². The first-order valence-electron chi connectivity index (χ1n) is 5.71. The molecule has 1 N–H and O–H groups in total. The first-order chi connectivity index (χ1) is 8.90. The van der Waals surface area contributed by atoms with E-state index >= 15 is 0 Å². The van der Waals surface area contributed by atoms with Crippen LogP contribution in [0.4, 0.5) is 5.69 Å². The minimum atomic E-state index is -0.233. The Balaban J connectivity index is 2.30. The fraction of sp³-hybridized carbons (Fsp3) is 0.333. The Morgan fingerprint density at radius 2 is 2.00 bits per heavy atom. The molecule has 0 bridgehead atoms. The number of anilines is 1. The second-order valence-electron chi connectivity index (χ2n) is 4.31. The maximum atomic E-state index is 12.2. The average molecular weight is 371 g/mol. The van der Waals surface area contributed by atoms with Crippen LogP contribution >= 0.6 is 22.6 Å². The van der Waals surface area contributed by atoms with E-state index in [4.69, 9.17) is 0 Å². The maximum Gasteiger partial charge on any atom is 0.277 e. The van der Waals surface area contributed by atoms with Crippen molar-refractivity contribution in [2.24, 2.45) is 7.05 Å². The number of aromatic nitrogens is 4. The zero-order valence-corrected chi connectivity index (χ0v) is 13.3. The first-order valence-corrected chi connectivity index (χ1v) is 6.79. The summed E-state index contributed by atoms with van der Waals surface area (Å²) in [5, 5.41) is 15.0. The molecule has 0 saturated heterocycles. The van der Waals surface area contributed by atoms with E-state index in [1.165, 1.54) is 0 Å². The second-order valence-corrected chi connectivity index (χ2v) is 5.39. The highest BCUT2D eigenvalue weighted by molar-refractivity contribution is 14.1. The lowest BCUT2D eigenvalue weighted by Crippen LogP contribution is -2.15. The minimum Gasteiger partial charge on any atom is -0.319 e. The minimum absolute atomic E-state index is 0.233. The molecule has 6 nitrogen and oxygen atoms in total. The number of rotatable bonds is 2. The summed E-state index contributed by atoms with van der Waals surface area (Å²) in [5.74, 6) is -0.233. The van der Waals surface area contributed by atoms with Gasteiger partial charge in [0.1, 0.15) is 0 Å². The van der Waals surface area contributed by atoms with Crippen molar-refractivity contribution in [1.29, 1.82) is 0 Å². The molecule has 0 aromatic carbocycles.